The number of imidazole rings is 1. The van der Waals surface area contributed by atoms with Gasteiger partial charge >= 0.3 is 5.97 Å². The maximum atomic E-state index is 11.5. The molecule has 290 valence electrons. The van der Waals surface area contributed by atoms with Gasteiger partial charge in [-0.3, -0.25) is 4.57 Å². The lowest BCUT2D eigenvalue weighted by Crippen LogP contribution is -2.45. The van der Waals surface area contributed by atoms with Crippen molar-refractivity contribution in [3.8, 4) is 45.0 Å². The van der Waals surface area contributed by atoms with Gasteiger partial charge in [0.05, 0.1) is 51.5 Å². The first kappa shape index (κ1) is 38.9. The van der Waals surface area contributed by atoms with Crippen molar-refractivity contribution in [2.24, 2.45) is 0 Å². The van der Waals surface area contributed by atoms with E-state index >= 15 is 0 Å². The largest absolute Gasteiger partial charge is 0.497 e. The predicted molar refractivity (Wildman–Crippen MR) is 218 cm³/mol. The third kappa shape index (κ3) is 8.10. The summed E-state index contributed by atoms with van der Waals surface area (Å²) in [5.41, 5.74) is 8.11. The normalized spacial score (nSPS) is 17.3. The zero-order chi connectivity index (χ0) is 39.6. The number of rotatable bonds is 13. The van der Waals surface area contributed by atoms with Gasteiger partial charge in [-0.25, -0.2) is 19.7 Å². The van der Waals surface area contributed by atoms with Crippen LogP contribution in [0.4, 0.5) is 0 Å². The second kappa shape index (κ2) is 16.0. The van der Waals surface area contributed by atoms with Crippen LogP contribution in [0.15, 0.2) is 104 Å². The van der Waals surface area contributed by atoms with Gasteiger partial charge in [0.2, 0.25) is 0 Å². The molecule has 1 fully saturated rings. The standard InChI is InChI=1S/C44H48N4O7Si/c1-44(2,3)56(6,7)55-38-23-36(54-42(38)48-27-47-40-39(45-26-46-41(40)48)30-8-10-31(11-9-30)43(49)50)25-53-24-33-13-12-32(28-14-18-34(51-4)19-15-28)22-37(33)29-16-20-35(52-5)21-17-29/h8-22,26-27,36,38,42H,23-25H2,1-7H3,(H,49,50). The van der Waals surface area contributed by atoms with Gasteiger partial charge in [0, 0.05) is 12.0 Å². The van der Waals surface area contributed by atoms with E-state index in [0.29, 0.717) is 36.5 Å². The molecule has 56 heavy (non-hydrogen) atoms. The van der Waals surface area contributed by atoms with Crippen molar-refractivity contribution in [3.05, 3.63) is 115 Å². The van der Waals surface area contributed by atoms with E-state index in [-0.39, 0.29) is 22.8 Å². The minimum atomic E-state index is -2.23. The van der Waals surface area contributed by atoms with Gasteiger partial charge in [0.25, 0.3) is 0 Å². The first-order valence-corrected chi connectivity index (χ1v) is 21.6. The highest BCUT2D eigenvalue weighted by atomic mass is 28.4. The molecular formula is C44H48N4O7Si. The summed E-state index contributed by atoms with van der Waals surface area (Å²) >= 11 is 0. The van der Waals surface area contributed by atoms with E-state index < -0.39 is 20.5 Å². The second-order valence-corrected chi connectivity index (χ2v) is 20.3. The minimum Gasteiger partial charge on any atom is -0.497 e. The number of carboxylic acid groups (broad SMARTS) is 1. The Morgan fingerprint density at radius 1 is 0.839 bits per heavy atom. The molecule has 0 amide bonds. The number of hydrogen-bond donors (Lipinski definition) is 1. The summed E-state index contributed by atoms with van der Waals surface area (Å²) in [6.45, 7) is 11.9. The van der Waals surface area contributed by atoms with Crippen LogP contribution in [0.5, 0.6) is 11.5 Å². The van der Waals surface area contributed by atoms with Crippen LogP contribution in [-0.2, 0) is 20.5 Å². The highest BCUT2D eigenvalue weighted by Gasteiger charge is 2.46. The van der Waals surface area contributed by atoms with E-state index in [9.17, 15) is 9.90 Å². The fourth-order valence-electron chi connectivity index (χ4n) is 6.75. The predicted octanol–water partition coefficient (Wildman–Crippen LogP) is 9.44. The van der Waals surface area contributed by atoms with Crippen LogP contribution in [0.1, 0.15) is 49.3 Å². The fourth-order valence-corrected chi connectivity index (χ4v) is 8.08. The first-order valence-electron chi connectivity index (χ1n) is 18.7. The average Bonchev–Trinajstić information content (AvgIpc) is 3.81. The Kier molecular flexibility index (Phi) is 11.1. The molecule has 1 N–H and O–H groups in total. The third-order valence-corrected chi connectivity index (χ3v) is 15.4. The van der Waals surface area contributed by atoms with E-state index in [1.807, 2.05) is 28.8 Å². The maximum absolute atomic E-state index is 11.5. The van der Waals surface area contributed by atoms with E-state index in [1.165, 1.54) is 6.33 Å². The number of aromatic carboxylic acids is 1. The van der Waals surface area contributed by atoms with Crippen molar-refractivity contribution in [1.82, 2.24) is 19.5 Å². The van der Waals surface area contributed by atoms with Gasteiger partial charge in [-0.1, -0.05) is 69.3 Å². The van der Waals surface area contributed by atoms with Crippen molar-refractivity contribution in [2.75, 3.05) is 20.8 Å². The molecule has 3 atom stereocenters. The third-order valence-electron chi connectivity index (χ3n) is 10.9. The molecule has 1 saturated heterocycles. The minimum absolute atomic E-state index is 0.0174. The maximum Gasteiger partial charge on any atom is 0.335 e. The number of carbonyl (C=O) groups is 1. The Bertz CT molecular complexity index is 2300. The topological polar surface area (TPSA) is 127 Å². The van der Waals surface area contributed by atoms with E-state index in [0.717, 1.165) is 44.9 Å². The van der Waals surface area contributed by atoms with Gasteiger partial charge in [-0.15, -0.1) is 0 Å². The molecule has 4 aromatic carbocycles. The second-order valence-electron chi connectivity index (χ2n) is 15.6. The Balaban J connectivity index is 1.14. The summed E-state index contributed by atoms with van der Waals surface area (Å²) in [7, 11) is 1.11. The lowest BCUT2D eigenvalue weighted by molar-refractivity contribution is -0.0603. The number of carboxylic acids is 1. The van der Waals surface area contributed by atoms with Crippen molar-refractivity contribution >= 4 is 25.5 Å². The molecule has 1 aliphatic rings. The Hall–Kier alpha value is -5.40. The lowest BCUT2D eigenvalue weighted by atomic mass is 9.94. The van der Waals surface area contributed by atoms with Gasteiger partial charge in [-0.2, -0.15) is 0 Å². The summed E-state index contributed by atoms with van der Waals surface area (Å²) in [6.07, 6.45) is 2.84. The average molecular weight is 773 g/mol. The first-order chi connectivity index (χ1) is 26.8. The summed E-state index contributed by atoms with van der Waals surface area (Å²) < 4.78 is 33.1. The smallest absolute Gasteiger partial charge is 0.335 e. The molecule has 7 rings (SSSR count). The molecule has 0 bridgehead atoms. The number of ether oxygens (including phenoxy) is 4. The van der Waals surface area contributed by atoms with E-state index in [1.54, 1.807) is 44.8 Å². The SMILES string of the molecule is COc1ccc(-c2ccc(COCC3CC(O[Si](C)(C)C(C)(C)C)C(n4cnc5c(-c6ccc(C(=O)O)cc6)ncnc54)O3)c(-c3ccc(OC)cc3)c2)cc1. The van der Waals surface area contributed by atoms with Crippen LogP contribution in [0.2, 0.25) is 18.1 Å². The summed E-state index contributed by atoms with van der Waals surface area (Å²) in [5.74, 6) is 0.619. The summed E-state index contributed by atoms with van der Waals surface area (Å²) in [5, 5.41) is 9.37. The van der Waals surface area contributed by atoms with Gasteiger partial charge in [0.1, 0.15) is 29.0 Å². The monoisotopic (exact) mass is 772 g/mol. The van der Waals surface area contributed by atoms with Crippen LogP contribution in [0.25, 0.3) is 44.7 Å². The number of hydrogen-bond acceptors (Lipinski definition) is 9. The van der Waals surface area contributed by atoms with E-state index in [4.69, 9.17) is 28.4 Å². The zero-order valence-corrected chi connectivity index (χ0v) is 33.9. The number of benzene rings is 4. The molecule has 0 saturated carbocycles. The quantitative estimate of drug-likeness (QED) is 0.113. The van der Waals surface area contributed by atoms with Crippen LogP contribution >= 0.6 is 0 Å². The Labute approximate surface area is 328 Å². The Morgan fingerprint density at radius 2 is 1.46 bits per heavy atom. The number of fused-ring (bicyclic) bond motifs is 1. The summed E-state index contributed by atoms with van der Waals surface area (Å²) in [4.78, 5) is 25.4. The molecule has 12 heteroatoms. The highest BCUT2D eigenvalue weighted by molar-refractivity contribution is 6.74. The van der Waals surface area contributed by atoms with Crippen LogP contribution in [0.3, 0.4) is 0 Å². The van der Waals surface area contributed by atoms with Gasteiger partial charge in [-0.05, 0) is 88.4 Å². The number of methoxy groups -OCH3 is 2. The van der Waals surface area contributed by atoms with Crippen molar-refractivity contribution in [1.29, 1.82) is 0 Å². The molecule has 11 nitrogen and oxygen atoms in total. The molecule has 0 aliphatic carbocycles. The molecule has 0 radical (unpaired) electrons. The van der Waals surface area contributed by atoms with Crippen molar-refractivity contribution < 1.29 is 33.3 Å². The van der Waals surface area contributed by atoms with Crippen LogP contribution in [-0.4, -0.2) is 71.9 Å². The number of aromatic nitrogens is 4. The molecule has 0 spiro atoms. The van der Waals surface area contributed by atoms with Gasteiger partial charge in [0.15, 0.2) is 20.2 Å². The number of nitrogens with zero attached hydrogens (tertiary/aromatic N) is 4. The van der Waals surface area contributed by atoms with Crippen LogP contribution in [0, 0.1) is 0 Å². The van der Waals surface area contributed by atoms with Crippen molar-refractivity contribution in [2.45, 2.75) is 70.4 Å². The molecular weight excluding hydrogens is 725 g/mol. The van der Waals surface area contributed by atoms with Crippen LogP contribution < -0.4 is 9.47 Å². The molecule has 1 aliphatic heterocycles. The van der Waals surface area contributed by atoms with Gasteiger partial charge < -0.3 is 28.5 Å². The fraction of sp³-hybridized carbons (Fsp3) is 0.318. The Morgan fingerprint density at radius 3 is 2.09 bits per heavy atom. The highest BCUT2D eigenvalue weighted by Crippen LogP contribution is 2.43. The summed E-state index contributed by atoms with van der Waals surface area (Å²) in [6, 6.07) is 29.2. The molecule has 2 aromatic heterocycles. The zero-order valence-electron chi connectivity index (χ0n) is 32.9. The molecule has 3 unspecified atom stereocenters. The van der Waals surface area contributed by atoms with E-state index in [2.05, 4.69) is 86.3 Å². The molecule has 6 aromatic rings. The van der Waals surface area contributed by atoms with Crippen molar-refractivity contribution in [3.63, 3.8) is 0 Å². The lowest BCUT2D eigenvalue weighted by Gasteiger charge is -2.39. The molecule has 3 heterocycles.